The highest BCUT2D eigenvalue weighted by Gasteiger charge is 2.37. The molecule has 1 atom stereocenters. The van der Waals surface area contributed by atoms with Gasteiger partial charge in [0.1, 0.15) is 5.75 Å². The van der Waals surface area contributed by atoms with Crippen molar-refractivity contribution in [3.05, 3.63) is 29.3 Å². The van der Waals surface area contributed by atoms with E-state index >= 15 is 0 Å². The molecule has 16 heavy (non-hydrogen) atoms. The number of hydrogen-bond donors (Lipinski definition) is 0. The van der Waals surface area contributed by atoms with Gasteiger partial charge in [-0.25, -0.2) is 0 Å². The minimum atomic E-state index is -0.0663. The van der Waals surface area contributed by atoms with Gasteiger partial charge >= 0.3 is 0 Å². The predicted octanol–water partition coefficient (Wildman–Crippen LogP) is 3.32. The standard InChI is InChI=1S/C13H15BrO2/c1-13(2)7-11(14)12(15)9-5-4-8(16-3)6-10(9)13/h4-6,11H,7H2,1-3H3/t11-/m0/s1. The number of halogens is 1. The Morgan fingerprint density at radius 2 is 2.12 bits per heavy atom. The molecule has 0 spiro atoms. The number of fused-ring (bicyclic) bond motifs is 1. The molecule has 2 nitrogen and oxygen atoms in total. The van der Waals surface area contributed by atoms with Crippen molar-refractivity contribution in [3.8, 4) is 5.75 Å². The third-order valence-corrected chi connectivity index (χ3v) is 3.93. The van der Waals surface area contributed by atoms with Crippen LogP contribution in [-0.2, 0) is 5.41 Å². The van der Waals surface area contributed by atoms with E-state index in [0.29, 0.717) is 0 Å². The maximum absolute atomic E-state index is 12.0. The molecule has 0 amide bonds. The minimum absolute atomic E-state index is 0.00590. The zero-order valence-corrected chi connectivity index (χ0v) is 11.3. The first-order chi connectivity index (χ1) is 7.45. The first-order valence-electron chi connectivity index (χ1n) is 5.32. The third-order valence-electron chi connectivity index (χ3n) is 3.20. The summed E-state index contributed by atoms with van der Waals surface area (Å²) in [6.45, 7) is 4.32. The van der Waals surface area contributed by atoms with Crippen molar-refractivity contribution in [1.82, 2.24) is 0 Å². The van der Waals surface area contributed by atoms with Crippen LogP contribution in [0.1, 0.15) is 36.2 Å². The monoisotopic (exact) mass is 282 g/mol. The maximum atomic E-state index is 12.0. The molecule has 0 saturated heterocycles. The lowest BCUT2D eigenvalue weighted by molar-refractivity contribution is 0.0967. The summed E-state index contributed by atoms with van der Waals surface area (Å²) in [5.41, 5.74) is 1.91. The number of rotatable bonds is 1. The van der Waals surface area contributed by atoms with E-state index in [1.54, 1.807) is 7.11 Å². The van der Waals surface area contributed by atoms with Gasteiger partial charge in [0, 0.05) is 5.56 Å². The fourth-order valence-electron chi connectivity index (χ4n) is 2.24. The molecule has 1 aliphatic carbocycles. The van der Waals surface area contributed by atoms with E-state index in [2.05, 4.69) is 29.8 Å². The van der Waals surface area contributed by atoms with Gasteiger partial charge < -0.3 is 4.74 Å². The van der Waals surface area contributed by atoms with Crippen LogP contribution in [0.5, 0.6) is 5.75 Å². The topological polar surface area (TPSA) is 26.3 Å². The second kappa shape index (κ2) is 3.88. The molecular weight excluding hydrogens is 268 g/mol. The number of carbonyl (C=O) groups excluding carboxylic acids is 1. The first kappa shape index (κ1) is 11.6. The molecule has 2 rings (SSSR count). The van der Waals surface area contributed by atoms with Crippen molar-refractivity contribution in [3.63, 3.8) is 0 Å². The fraction of sp³-hybridized carbons (Fsp3) is 0.462. The number of carbonyl (C=O) groups is 1. The molecule has 0 unspecified atom stereocenters. The largest absolute Gasteiger partial charge is 0.497 e. The van der Waals surface area contributed by atoms with E-state index in [-0.39, 0.29) is 16.0 Å². The van der Waals surface area contributed by atoms with Crippen LogP contribution in [0, 0.1) is 0 Å². The summed E-state index contributed by atoms with van der Waals surface area (Å²) >= 11 is 3.45. The molecule has 0 saturated carbocycles. The SMILES string of the molecule is COc1ccc2c(c1)C(C)(C)C[C@H](Br)C2=O. The molecule has 0 aliphatic heterocycles. The fourth-order valence-corrected chi connectivity index (χ4v) is 3.30. The summed E-state index contributed by atoms with van der Waals surface area (Å²) < 4.78 is 5.21. The lowest BCUT2D eigenvalue weighted by Crippen LogP contribution is -2.34. The molecule has 0 heterocycles. The molecular formula is C13H15BrO2. The number of ether oxygens (including phenoxy) is 1. The molecule has 86 valence electrons. The molecule has 0 radical (unpaired) electrons. The van der Waals surface area contributed by atoms with Crippen LogP contribution in [0.2, 0.25) is 0 Å². The lowest BCUT2D eigenvalue weighted by Gasteiger charge is -2.34. The summed E-state index contributed by atoms with van der Waals surface area (Å²) in [6.07, 6.45) is 0.825. The number of ketones is 1. The average Bonchev–Trinajstić information content (AvgIpc) is 2.25. The third kappa shape index (κ3) is 1.77. The highest BCUT2D eigenvalue weighted by molar-refractivity contribution is 9.10. The van der Waals surface area contributed by atoms with E-state index in [0.717, 1.165) is 23.3 Å². The molecule has 1 aromatic rings. The van der Waals surface area contributed by atoms with Crippen molar-refractivity contribution in [2.24, 2.45) is 0 Å². The summed E-state index contributed by atoms with van der Waals surface area (Å²) in [7, 11) is 1.65. The summed E-state index contributed by atoms with van der Waals surface area (Å²) in [6, 6.07) is 5.69. The highest BCUT2D eigenvalue weighted by Crippen LogP contribution is 2.40. The number of benzene rings is 1. The number of alkyl halides is 1. The van der Waals surface area contributed by atoms with E-state index in [4.69, 9.17) is 4.74 Å². The number of hydrogen-bond acceptors (Lipinski definition) is 2. The van der Waals surface area contributed by atoms with Gasteiger partial charge in [-0.2, -0.15) is 0 Å². The Bertz CT molecular complexity index is 438. The van der Waals surface area contributed by atoms with Crippen LogP contribution in [0.25, 0.3) is 0 Å². The smallest absolute Gasteiger partial charge is 0.176 e. The first-order valence-corrected chi connectivity index (χ1v) is 6.24. The number of Topliss-reactive ketones (excluding diaryl/α,β-unsaturated/α-hetero) is 1. The molecule has 3 heteroatoms. The second-order valence-electron chi connectivity index (χ2n) is 4.83. The van der Waals surface area contributed by atoms with Gasteiger partial charge in [-0.15, -0.1) is 0 Å². The summed E-state index contributed by atoms with van der Waals surface area (Å²) in [4.78, 5) is 11.9. The Hall–Kier alpha value is -0.830. The van der Waals surface area contributed by atoms with Crippen LogP contribution in [0.3, 0.4) is 0 Å². The quantitative estimate of drug-likeness (QED) is 0.739. The van der Waals surface area contributed by atoms with Crippen molar-refractivity contribution < 1.29 is 9.53 Å². The van der Waals surface area contributed by atoms with Gasteiger partial charge in [-0.1, -0.05) is 29.8 Å². The van der Waals surface area contributed by atoms with Crippen LogP contribution in [-0.4, -0.2) is 17.7 Å². The van der Waals surface area contributed by atoms with E-state index in [9.17, 15) is 4.79 Å². The van der Waals surface area contributed by atoms with Crippen LogP contribution < -0.4 is 4.74 Å². The van der Waals surface area contributed by atoms with Crippen molar-refractivity contribution in [2.75, 3.05) is 7.11 Å². The zero-order chi connectivity index (χ0) is 11.9. The molecule has 1 aromatic carbocycles. The van der Waals surface area contributed by atoms with Crippen LogP contribution >= 0.6 is 15.9 Å². The van der Waals surface area contributed by atoms with Crippen molar-refractivity contribution in [2.45, 2.75) is 30.5 Å². The van der Waals surface area contributed by atoms with Crippen molar-refractivity contribution >= 4 is 21.7 Å². The zero-order valence-electron chi connectivity index (χ0n) is 9.71. The Balaban J connectivity index is 2.60. The van der Waals surface area contributed by atoms with Crippen molar-refractivity contribution in [1.29, 1.82) is 0 Å². The molecule has 0 fully saturated rings. The van der Waals surface area contributed by atoms with Gasteiger partial charge in [-0.05, 0) is 35.6 Å². The Labute approximate surface area is 104 Å². The lowest BCUT2D eigenvalue weighted by atomic mass is 9.72. The van der Waals surface area contributed by atoms with E-state index < -0.39 is 0 Å². The van der Waals surface area contributed by atoms with E-state index in [1.807, 2.05) is 18.2 Å². The van der Waals surface area contributed by atoms with Gasteiger partial charge in [0.2, 0.25) is 0 Å². The predicted molar refractivity (Wildman–Crippen MR) is 67.7 cm³/mol. The van der Waals surface area contributed by atoms with Crippen LogP contribution in [0.4, 0.5) is 0 Å². The second-order valence-corrected chi connectivity index (χ2v) is 5.94. The van der Waals surface area contributed by atoms with Gasteiger partial charge in [0.25, 0.3) is 0 Å². The molecule has 0 bridgehead atoms. The molecule has 1 aliphatic rings. The van der Waals surface area contributed by atoms with Gasteiger partial charge in [0.05, 0.1) is 11.9 Å². The Kier molecular flexibility index (Phi) is 2.82. The maximum Gasteiger partial charge on any atom is 0.176 e. The highest BCUT2D eigenvalue weighted by atomic mass is 79.9. The Morgan fingerprint density at radius 1 is 1.44 bits per heavy atom. The Morgan fingerprint density at radius 3 is 2.75 bits per heavy atom. The minimum Gasteiger partial charge on any atom is -0.497 e. The van der Waals surface area contributed by atoms with Crippen LogP contribution in [0.15, 0.2) is 18.2 Å². The van der Waals surface area contributed by atoms with Gasteiger partial charge in [-0.3, -0.25) is 4.79 Å². The summed E-state index contributed by atoms with van der Waals surface area (Å²) in [5.74, 6) is 0.990. The molecule has 0 N–H and O–H groups in total. The average molecular weight is 283 g/mol. The van der Waals surface area contributed by atoms with E-state index in [1.165, 1.54) is 0 Å². The van der Waals surface area contributed by atoms with Gasteiger partial charge in [0.15, 0.2) is 5.78 Å². The summed E-state index contributed by atoms with van der Waals surface area (Å²) in [5, 5.41) is 0. The molecule has 0 aromatic heterocycles. The number of methoxy groups -OCH3 is 1. The normalized spacial score (nSPS) is 22.8.